The summed E-state index contributed by atoms with van der Waals surface area (Å²) in [5.41, 5.74) is -0.389. The van der Waals surface area contributed by atoms with Gasteiger partial charge < -0.3 is 5.32 Å². The van der Waals surface area contributed by atoms with E-state index in [1.54, 1.807) is 41.3 Å². The number of nitrogens with zero attached hydrogens (tertiary/aromatic N) is 4. The molecule has 2 aromatic heterocycles. The van der Waals surface area contributed by atoms with E-state index in [1.807, 2.05) is 6.07 Å². The molecule has 2 heterocycles. The first-order valence-corrected chi connectivity index (χ1v) is 7.81. The molecule has 0 saturated heterocycles. The van der Waals surface area contributed by atoms with Gasteiger partial charge in [0.05, 0.1) is 6.54 Å². The second-order valence-electron chi connectivity index (χ2n) is 5.49. The van der Waals surface area contributed by atoms with E-state index in [0.717, 1.165) is 12.6 Å². The van der Waals surface area contributed by atoms with Crippen LogP contribution in [-0.4, -0.2) is 25.5 Å². The molecule has 0 fully saturated rings. The van der Waals surface area contributed by atoms with E-state index in [9.17, 15) is 18.0 Å². The molecule has 0 unspecified atom stereocenters. The first kappa shape index (κ1) is 18.0. The van der Waals surface area contributed by atoms with Gasteiger partial charge in [-0.05, 0) is 23.8 Å². The van der Waals surface area contributed by atoms with Crippen molar-refractivity contribution in [2.24, 2.45) is 7.05 Å². The number of carbonyl (C=O) groups is 1. The molecule has 0 saturated carbocycles. The molecule has 1 aromatic carbocycles. The van der Waals surface area contributed by atoms with Crippen molar-refractivity contribution in [3.8, 4) is 0 Å². The van der Waals surface area contributed by atoms with E-state index < -0.39 is 28.5 Å². The fourth-order valence-electron chi connectivity index (χ4n) is 2.47. The van der Waals surface area contributed by atoms with Crippen molar-refractivity contribution in [3.05, 3.63) is 64.7 Å². The molecule has 1 amide bonds. The van der Waals surface area contributed by atoms with Gasteiger partial charge in [0.15, 0.2) is 11.4 Å². The highest BCUT2D eigenvalue weighted by Gasteiger charge is 2.40. The molecule has 0 aliphatic carbocycles. The van der Waals surface area contributed by atoms with Gasteiger partial charge in [-0.1, -0.05) is 23.7 Å². The van der Waals surface area contributed by atoms with Crippen molar-refractivity contribution in [3.63, 3.8) is 0 Å². The summed E-state index contributed by atoms with van der Waals surface area (Å²) in [5.74, 6) is -0.822. The normalized spacial score (nSPS) is 11.6. The van der Waals surface area contributed by atoms with Crippen LogP contribution in [0.25, 0.3) is 0 Å². The fourth-order valence-corrected chi connectivity index (χ4v) is 2.82. The Labute approximate surface area is 151 Å². The number of benzene rings is 1. The number of carbonyl (C=O) groups excluding carboxylic acids is 1. The van der Waals surface area contributed by atoms with Gasteiger partial charge in [0.1, 0.15) is 5.02 Å². The lowest BCUT2D eigenvalue weighted by Crippen LogP contribution is -2.14. The predicted molar refractivity (Wildman–Crippen MR) is 88.9 cm³/mol. The van der Waals surface area contributed by atoms with Crippen LogP contribution in [0.4, 0.5) is 18.9 Å². The van der Waals surface area contributed by atoms with Crippen LogP contribution in [0.15, 0.2) is 42.7 Å². The molecule has 10 heteroatoms. The SMILES string of the molecule is Cn1nc(C(=O)Nc2cccc(Cn3cccn3)c2)c(Cl)c1C(F)(F)F. The molecule has 1 N–H and O–H groups in total. The monoisotopic (exact) mass is 383 g/mol. The van der Waals surface area contributed by atoms with Gasteiger partial charge in [-0.25, -0.2) is 0 Å². The molecule has 0 aliphatic heterocycles. The van der Waals surface area contributed by atoms with Crippen molar-refractivity contribution >= 4 is 23.2 Å². The van der Waals surface area contributed by atoms with E-state index >= 15 is 0 Å². The van der Waals surface area contributed by atoms with Gasteiger partial charge in [0, 0.05) is 25.1 Å². The van der Waals surface area contributed by atoms with Crippen LogP contribution in [0.5, 0.6) is 0 Å². The Hall–Kier alpha value is -2.81. The van der Waals surface area contributed by atoms with Crippen molar-refractivity contribution in [1.29, 1.82) is 0 Å². The molecule has 3 rings (SSSR count). The van der Waals surface area contributed by atoms with E-state index in [1.165, 1.54) is 0 Å². The van der Waals surface area contributed by atoms with E-state index in [2.05, 4.69) is 15.5 Å². The summed E-state index contributed by atoms with van der Waals surface area (Å²) in [6, 6.07) is 8.66. The summed E-state index contributed by atoms with van der Waals surface area (Å²) in [4.78, 5) is 12.3. The Morgan fingerprint density at radius 2 is 2.08 bits per heavy atom. The Bertz CT molecular complexity index is 934. The summed E-state index contributed by atoms with van der Waals surface area (Å²) >= 11 is 5.73. The zero-order valence-electron chi connectivity index (χ0n) is 13.5. The molecule has 136 valence electrons. The minimum absolute atomic E-state index is 0.412. The number of anilines is 1. The highest BCUT2D eigenvalue weighted by Crippen LogP contribution is 2.36. The maximum Gasteiger partial charge on any atom is 0.434 e. The quantitative estimate of drug-likeness (QED) is 0.748. The van der Waals surface area contributed by atoms with Crippen LogP contribution in [0.3, 0.4) is 0 Å². The third kappa shape index (κ3) is 3.72. The highest BCUT2D eigenvalue weighted by atomic mass is 35.5. The Morgan fingerprint density at radius 1 is 1.31 bits per heavy atom. The lowest BCUT2D eigenvalue weighted by atomic mass is 10.2. The van der Waals surface area contributed by atoms with E-state index in [-0.39, 0.29) is 0 Å². The molecule has 6 nitrogen and oxygen atoms in total. The number of aryl methyl sites for hydroxylation is 1. The summed E-state index contributed by atoms with van der Waals surface area (Å²) in [6.45, 7) is 0.485. The number of alkyl halides is 3. The zero-order chi connectivity index (χ0) is 18.9. The molecular weight excluding hydrogens is 371 g/mol. The van der Waals surface area contributed by atoms with Gasteiger partial charge in [0.25, 0.3) is 5.91 Å². The fraction of sp³-hybridized carbons (Fsp3) is 0.188. The van der Waals surface area contributed by atoms with Crippen LogP contribution < -0.4 is 5.32 Å². The summed E-state index contributed by atoms with van der Waals surface area (Å²) in [6.07, 6.45) is -1.27. The van der Waals surface area contributed by atoms with Gasteiger partial charge in [-0.3, -0.25) is 14.2 Å². The maximum atomic E-state index is 13.0. The topological polar surface area (TPSA) is 64.7 Å². The van der Waals surface area contributed by atoms with Crippen LogP contribution in [0.2, 0.25) is 5.02 Å². The van der Waals surface area contributed by atoms with Crippen molar-refractivity contribution in [2.75, 3.05) is 5.32 Å². The lowest BCUT2D eigenvalue weighted by Gasteiger charge is -2.07. The van der Waals surface area contributed by atoms with Crippen molar-refractivity contribution in [2.45, 2.75) is 12.7 Å². The standard InChI is InChI=1S/C16H13ClF3N5O/c1-24-14(16(18,19)20)12(17)13(23-24)15(26)22-11-5-2-4-10(8-11)9-25-7-3-6-21-25/h2-8H,9H2,1H3,(H,22,26). The second kappa shape index (κ2) is 6.83. The molecule has 0 spiro atoms. The first-order chi connectivity index (χ1) is 12.3. The molecule has 3 aromatic rings. The van der Waals surface area contributed by atoms with Crippen molar-refractivity contribution in [1.82, 2.24) is 19.6 Å². The minimum atomic E-state index is -4.71. The highest BCUT2D eigenvalue weighted by molar-refractivity contribution is 6.34. The third-order valence-electron chi connectivity index (χ3n) is 3.56. The molecular formula is C16H13ClF3N5O. The molecule has 0 atom stereocenters. The van der Waals surface area contributed by atoms with Gasteiger partial charge in [0.2, 0.25) is 0 Å². The van der Waals surface area contributed by atoms with Crippen LogP contribution in [0, 0.1) is 0 Å². The average Bonchev–Trinajstić information content (AvgIpc) is 3.14. The van der Waals surface area contributed by atoms with Gasteiger partial charge in [-0.15, -0.1) is 0 Å². The van der Waals surface area contributed by atoms with Crippen molar-refractivity contribution < 1.29 is 18.0 Å². The first-order valence-electron chi connectivity index (χ1n) is 7.43. The Morgan fingerprint density at radius 3 is 2.69 bits per heavy atom. The van der Waals surface area contributed by atoms with Crippen LogP contribution in [-0.2, 0) is 19.8 Å². The smallest absolute Gasteiger partial charge is 0.321 e. The molecule has 0 radical (unpaired) electrons. The van der Waals surface area contributed by atoms with Gasteiger partial charge in [-0.2, -0.15) is 23.4 Å². The predicted octanol–water partition coefficient (Wildman–Crippen LogP) is 3.59. The third-order valence-corrected chi connectivity index (χ3v) is 3.92. The van der Waals surface area contributed by atoms with E-state index in [4.69, 9.17) is 11.6 Å². The second-order valence-corrected chi connectivity index (χ2v) is 5.87. The maximum absolute atomic E-state index is 13.0. The zero-order valence-corrected chi connectivity index (χ0v) is 14.2. The van der Waals surface area contributed by atoms with Gasteiger partial charge >= 0.3 is 6.18 Å². The summed E-state index contributed by atoms with van der Waals surface area (Å²) in [7, 11) is 1.08. The Balaban J connectivity index is 1.81. The molecule has 26 heavy (non-hydrogen) atoms. The largest absolute Gasteiger partial charge is 0.434 e. The molecule has 0 bridgehead atoms. The van der Waals surface area contributed by atoms with E-state index in [0.29, 0.717) is 16.9 Å². The number of aromatic nitrogens is 4. The van der Waals surface area contributed by atoms with Crippen LogP contribution >= 0.6 is 11.6 Å². The minimum Gasteiger partial charge on any atom is -0.321 e. The number of hydrogen-bond acceptors (Lipinski definition) is 3. The number of nitrogens with one attached hydrogen (secondary N) is 1. The molecule has 0 aliphatic rings. The number of hydrogen-bond donors (Lipinski definition) is 1. The number of amides is 1. The number of rotatable bonds is 4. The number of halogens is 4. The Kier molecular flexibility index (Phi) is 4.73. The summed E-state index contributed by atoms with van der Waals surface area (Å²) < 4.78 is 41.1. The summed E-state index contributed by atoms with van der Waals surface area (Å²) in [5, 5.41) is 9.47. The average molecular weight is 384 g/mol. The van der Waals surface area contributed by atoms with Crippen LogP contribution in [0.1, 0.15) is 21.7 Å². The lowest BCUT2D eigenvalue weighted by molar-refractivity contribution is -0.143.